The van der Waals surface area contributed by atoms with Crippen molar-refractivity contribution < 1.29 is 5.11 Å². The molecule has 0 saturated heterocycles. The van der Waals surface area contributed by atoms with Crippen LogP contribution in [-0.4, -0.2) is 14.5 Å². The van der Waals surface area contributed by atoms with E-state index in [0.29, 0.717) is 5.52 Å². The number of hydrogen-bond donors (Lipinski definition) is 1. The largest absolute Gasteiger partial charge is 0.506 e. The van der Waals surface area contributed by atoms with Crippen molar-refractivity contribution >= 4 is 16.7 Å². The minimum absolute atomic E-state index is 0.228. The maximum atomic E-state index is 9.60. The lowest BCUT2D eigenvalue weighted by Gasteiger charge is -1.93. The Labute approximate surface area is 80.2 Å². The number of pyridine rings is 1. The molecule has 0 amide bonds. The Balaban J connectivity index is 2.63. The Bertz CT molecular complexity index is 613. The second-order valence-electron chi connectivity index (χ2n) is 3.19. The Hall–Kier alpha value is -2.03. The molecule has 0 fully saturated rings. The Morgan fingerprint density at radius 3 is 2.93 bits per heavy atom. The lowest BCUT2D eigenvalue weighted by molar-refractivity contribution is 0.480. The Morgan fingerprint density at radius 1 is 1.07 bits per heavy atom. The number of benzene rings is 1. The minimum atomic E-state index is 0.228. The fourth-order valence-electron chi connectivity index (χ4n) is 1.67. The molecule has 0 aliphatic heterocycles. The van der Waals surface area contributed by atoms with Crippen LogP contribution in [0.4, 0.5) is 0 Å². The number of rotatable bonds is 0. The van der Waals surface area contributed by atoms with Gasteiger partial charge in [0.05, 0.1) is 5.52 Å². The number of nitrogens with zero attached hydrogens (tertiary/aromatic N) is 2. The van der Waals surface area contributed by atoms with E-state index in [1.54, 1.807) is 6.07 Å². The van der Waals surface area contributed by atoms with Gasteiger partial charge in [0, 0.05) is 6.20 Å². The van der Waals surface area contributed by atoms with Gasteiger partial charge in [-0.05, 0) is 24.3 Å². The molecule has 1 N–H and O–H groups in total. The standard InChI is InChI=1S/C11H8N2O/c14-9-5-3-4-8-11(9)12-10-6-1-2-7-13(8)10/h1-7,14H. The summed E-state index contributed by atoms with van der Waals surface area (Å²) in [5, 5.41) is 9.60. The third-order valence-electron chi connectivity index (χ3n) is 2.32. The summed E-state index contributed by atoms with van der Waals surface area (Å²) in [4.78, 5) is 4.33. The fourth-order valence-corrected chi connectivity index (χ4v) is 1.67. The molecule has 2 aromatic heterocycles. The van der Waals surface area contributed by atoms with Gasteiger partial charge in [0.25, 0.3) is 0 Å². The normalized spacial score (nSPS) is 11.1. The zero-order valence-electron chi connectivity index (χ0n) is 7.38. The maximum Gasteiger partial charge on any atom is 0.143 e. The third-order valence-corrected chi connectivity index (χ3v) is 2.32. The van der Waals surface area contributed by atoms with Crippen LogP contribution in [0.15, 0.2) is 42.6 Å². The molecular formula is C11H8N2O. The van der Waals surface area contributed by atoms with E-state index in [1.807, 2.05) is 40.9 Å². The zero-order valence-corrected chi connectivity index (χ0v) is 7.38. The summed E-state index contributed by atoms with van der Waals surface area (Å²) in [5.41, 5.74) is 2.43. The van der Waals surface area contributed by atoms with Crippen molar-refractivity contribution in [3.05, 3.63) is 42.6 Å². The molecule has 0 saturated carbocycles. The van der Waals surface area contributed by atoms with Crippen LogP contribution in [0.2, 0.25) is 0 Å². The van der Waals surface area contributed by atoms with Crippen LogP contribution in [0.1, 0.15) is 0 Å². The lowest BCUT2D eigenvalue weighted by atomic mass is 10.3. The average Bonchev–Trinajstić information content (AvgIpc) is 2.59. The second kappa shape index (κ2) is 2.48. The van der Waals surface area contributed by atoms with Crippen molar-refractivity contribution in [1.29, 1.82) is 0 Å². The SMILES string of the molecule is Oc1cccc2c1nc1ccccn12. The summed E-state index contributed by atoms with van der Waals surface area (Å²) in [6.07, 6.45) is 1.93. The van der Waals surface area contributed by atoms with Gasteiger partial charge < -0.3 is 5.11 Å². The molecule has 14 heavy (non-hydrogen) atoms. The summed E-state index contributed by atoms with van der Waals surface area (Å²) >= 11 is 0. The van der Waals surface area contributed by atoms with Crippen LogP contribution in [0.25, 0.3) is 16.7 Å². The third kappa shape index (κ3) is 0.836. The first-order valence-corrected chi connectivity index (χ1v) is 4.41. The molecule has 3 nitrogen and oxygen atoms in total. The highest BCUT2D eigenvalue weighted by atomic mass is 16.3. The summed E-state index contributed by atoms with van der Waals surface area (Å²) in [6.45, 7) is 0. The number of phenolic OH excluding ortho intramolecular Hbond substituents is 1. The van der Waals surface area contributed by atoms with Crippen LogP contribution < -0.4 is 0 Å². The monoisotopic (exact) mass is 184 g/mol. The van der Waals surface area contributed by atoms with Crippen LogP contribution in [0, 0.1) is 0 Å². The molecule has 3 heteroatoms. The Morgan fingerprint density at radius 2 is 2.00 bits per heavy atom. The molecule has 3 rings (SSSR count). The molecule has 1 aromatic carbocycles. The first-order valence-electron chi connectivity index (χ1n) is 4.41. The van der Waals surface area contributed by atoms with Crippen molar-refractivity contribution in [2.24, 2.45) is 0 Å². The molecule has 2 heterocycles. The first-order chi connectivity index (χ1) is 6.86. The van der Waals surface area contributed by atoms with Gasteiger partial charge in [0.15, 0.2) is 0 Å². The van der Waals surface area contributed by atoms with E-state index in [4.69, 9.17) is 0 Å². The van der Waals surface area contributed by atoms with Gasteiger partial charge in [-0.2, -0.15) is 0 Å². The zero-order chi connectivity index (χ0) is 9.54. The molecule has 3 aromatic rings. The number of aromatic hydroxyl groups is 1. The highest BCUT2D eigenvalue weighted by molar-refractivity contribution is 5.85. The highest BCUT2D eigenvalue weighted by Gasteiger charge is 2.05. The lowest BCUT2D eigenvalue weighted by Crippen LogP contribution is -1.80. The van der Waals surface area contributed by atoms with Gasteiger partial charge in [-0.15, -0.1) is 0 Å². The van der Waals surface area contributed by atoms with Crippen LogP contribution >= 0.6 is 0 Å². The summed E-state index contributed by atoms with van der Waals surface area (Å²) in [7, 11) is 0. The second-order valence-corrected chi connectivity index (χ2v) is 3.19. The minimum Gasteiger partial charge on any atom is -0.506 e. The number of aromatic nitrogens is 2. The van der Waals surface area contributed by atoms with E-state index < -0.39 is 0 Å². The van der Waals surface area contributed by atoms with Crippen LogP contribution in [0.5, 0.6) is 5.75 Å². The molecule has 0 spiro atoms. The highest BCUT2D eigenvalue weighted by Crippen LogP contribution is 2.24. The maximum absolute atomic E-state index is 9.60. The van der Waals surface area contributed by atoms with E-state index in [9.17, 15) is 5.11 Å². The quantitative estimate of drug-likeness (QED) is 0.581. The van der Waals surface area contributed by atoms with Crippen LogP contribution in [0.3, 0.4) is 0 Å². The van der Waals surface area contributed by atoms with Crippen molar-refractivity contribution in [2.45, 2.75) is 0 Å². The average molecular weight is 184 g/mol. The Kier molecular flexibility index (Phi) is 1.31. The van der Waals surface area contributed by atoms with Gasteiger partial charge in [0.1, 0.15) is 16.9 Å². The number of para-hydroxylation sites is 1. The topological polar surface area (TPSA) is 37.5 Å². The number of phenols is 1. The van der Waals surface area contributed by atoms with Gasteiger partial charge in [-0.3, -0.25) is 4.40 Å². The molecule has 0 aliphatic rings. The van der Waals surface area contributed by atoms with Crippen molar-refractivity contribution in [2.75, 3.05) is 0 Å². The first kappa shape index (κ1) is 7.38. The summed E-state index contributed by atoms with van der Waals surface area (Å²) in [6, 6.07) is 11.2. The number of imidazole rings is 1. The smallest absolute Gasteiger partial charge is 0.143 e. The number of hydrogen-bond acceptors (Lipinski definition) is 2. The van der Waals surface area contributed by atoms with Crippen molar-refractivity contribution in [3.8, 4) is 5.75 Å². The van der Waals surface area contributed by atoms with Crippen molar-refractivity contribution in [3.63, 3.8) is 0 Å². The predicted octanol–water partition coefficient (Wildman–Crippen LogP) is 2.19. The van der Waals surface area contributed by atoms with Gasteiger partial charge in [-0.1, -0.05) is 12.1 Å². The van der Waals surface area contributed by atoms with Crippen molar-refractivity contribution in [1.82, 2.24) is 9.38 Å². The van der Waals surface area contributed by atoms with Gasteiger partial charge in [0.2, 0.25) is 0 Å². The van der Waals surface area contributed by atoms with Gasteiger partial charge in [-0.25, -0.2) is 4.98 Å². The molecule has 68 valence electrons. The van der Waals surface area contributed by atoms with E-state index in [-0.39, 0.29) is 5.75 Å². The van der Waals surface area contributed by atoms with E-state index in [1.165, 1.54) is 0 Å². The van der Waals surface area contributed by atoms with E-state index >= 15 is 0 Å². The molecule has 0 bridgehead atoms. The summed E-state index contributed by atoms with van der Waals surface area (Å²) in [5.74, 6) is 0.228. The van der Waals surface area contributed by atoms with Gasteiger partial charge >= 0.3 is 0 Å². The predicted molar refractivity (Wildman–Crippen MR) is 54.4 cm³/mol. The molecule has 0 radical (unpaired) electrons. The fraction of sp³-hybridized carbons (Fsp3) is 0. The van der Waals surface area contributed by atoms with E-state index in [2.05, 4.69) is 4.98 Å². The molecule has 0 aliphatic carbocycles. The molecule has 0 unspecified atom stereocenters. The molecule has 0 atom stereocenters. The van der Waals surface area contributed by atoms with Crippen LogP contribution in [-0.2, 0) is 0 Å². The summed E-state index contributed by atoms with van der Waals surface area (Å²) < 4.78 is 1.95. The molecular weight excluding hydrogens is 176 g/mol. The number of fused-ring (bicyclic) bond motifs is 3. The van der Waals surface area contributed by atoms with E-state index in [0.717, 1.165) is 11.2 Å².